The van der Waals surface area contributed by atoms with Crippen LogP contribution in [-0.2, 0) is 4.79 Å². The number of rotatable bonds is 2. The molecule has 1 heterocycles. The van der Waals surface area contributed by atoms with Gasteiger partial charge in [-0.15, -0.1) is 0 Å². The molecular formula is C13H15BrN2O3. The van der Waals surface area contributed by atoms with Crippen molar-refractivity contribution in [2.75, 3.05) is 19.6 Å². The lowest BCUT2D eigenvalue weighted by Gasteiger charge is -2.33. The monoisotopic (exact) mass is 326 g/mol. The van der Waals surface area contributed by atoms with Crippen molar-refractivity contribution in [3.05, 3.63) is 33.8 Å². The van der Waals surface area contributed by atoms with Crippen molar-refractivity contribution < 1.29 is 14.7 Å². The Balaban J connectivity index is 2.26. The smallest absolute Gasteiger partial charge is 0.327 e. The first-order valence-corrected chi connectivity index (χ1v) is 6.80. The lowest BCUT2D eigenvalue weighted by atomic mass is 10.1. The molecule has 0 radical (unpaired) electrons. The molecule has 0 saturated carbocycles. The third kappa shape index (κ3) is 2.96. The number of hydrogen-bond acceptors (Lipinski definition) is 3. The van der Waals surface area contributed by atoms with Crippen LogP contribution in [0.4, 0.5) is 0 Å². The van der Waals surface area contributed by atoms with Crippen LogP contribution in [0.3, 0.4) is 0 Å². The van der Waals surface area contributed by atoms with E-state index in [9.17, 15) is 9.59 Å². The van der Waals surface area contributed by atoms with Gasteiger partial charge in [0.1, 0.15) is 6.04 Å². The van der Waals surface area contributed by atoms with E-state index >= 15 is 0 Å². The van der Waals surface area contributed by atoms with Crippen LogP contribution in [0, 0.1) is 6.92 Å². The topological polar surface area (TPSA) is 69.6 Å². The summed E-state index contributed by atoms with van der Waals surface area (Å²) in [6, 6.07) is 4.49. The standard InChI is InChI=1S/C13H15BrN2O3/c1-8-6-9(2-3-10(8)14)12(17)16-5-4-15-7-11(16)13(18)19/h2-3,6,11,15H,4-5,7H2,1H3,(H,18,19). The molecule has 2 rings (SSSR count). The van der Waals surface area contributed by atoms with Gasteiger partial charge >= 0.3 is 5.97 Å². The number of benzene rings is 1. The molecule has 0 aromatic heterocycles. The van der Waals surface area contributed by atoms with Crippen LogP contribution in [0.25, 0.3) is 0 Å². The maximum atomic E-state index is 12.4. The highest BCUT2D eigenvalue weighted by Crippen LogP contribution is 2.19. The summed E-state index contributed by atoms with van der Waals surface area (Å²) >= 11 is 3.38. The van der Waals surface area contributed by atoms with Crippen molar-refractivity contribution in [1.29, 1.82) is 0 Å². The van der Waals surface area contributed by atoms with E-state index in [-0.39, 0.29) is 12.5 Å². The van der Waals surface area contributed by atoms with Gasteiger partial charge in [-0.3, -0.25) is 4.79 Å². The Morgan fingerprint density at radius 2 is 2.21 bits per heavy atom. The summed E-state index contributed by atoms with van der Waals surface area (Å²) < 4.78 is 0.930. The fourth-order valence-electron chi connectivity index (χ4n) is 2.11. The molecule has 1 aliphatic rings. The van der Waals surface area contributed by atoms with E-state index in [0.29, 0.717) is 18.7 Å². The van der Waals surface area contributed by atoms with Crippen LogP contribution in [0.2, 0.25) is 0 Å². The third-order valence-electron chi connectivity index (χ3n) is 3.19. The number of aliphatic carboxylic acids is 1. The number of carboxylic acids is 1. The van der Waals surface area contributed by atoms with Gasteiger partial charge in [-0.1, -0.05) is 15.9 Å². The van der Waals surface area contributed by atoms with Crippen LogP contribution < -0.4 is 5.32 Å². The van der Waals surface area contributed by atoms with Gasteiger partial charge in [-0.25, -0.2) is 4.79 Å². The number of amides is 1. The number of hydrogen-bond donors (Lipinski definition) is 2. The minimum Gasteiger partial charge on any atom is -0.480 e. The van der Waals surface area contributed by atoms with Crippen LogP contribution >= 0.6 is 15.9 Å². The zero-order chi connectivity index (χ0) is 14.0. The molecule has 1 aliphatic heterocycles. The Labute approximate surface area is 119 Å². The van der Waals surface area contributed by atoms with Gasteiger partial charge in [0.2, 0.25) is 0 Å². The largest absolute Gasteiger partial charge is 0.480 e. The number of piperazine rings is 1. The van der Waals surface area contributed by atoms with Gasteiger partial charge in [0, 0.05) is 29.7 Å². The fourth-order valence-corrected chi connectivity index (χ4v) is 2.36. The average molecular weight is 327 g/mol. The highest BCUT2D eigenvalue weighted by molar-refractivity contribution is 9.10. The Morgan fingerprint density at radius 1 is 1.47 bits per heavy atom. The Kier molecular flexibility index (Phi) is 4.21. The summed E-state index contributed by atoms with van der Waals surface area (Å²) in [7, 11) is 0. The molecule has 1 unspecified atom stereocenters. The average Bonchev–Trinajstić information content (AvgIpc) is 2.41. The first-order valence-electron chi connectivity index (χ1n) is 6.01. The second-order valence-electron chi connectivity index (χ2n) is 4.52. The van der Waals surface area contributed by atoms with E-state index < -0.39 is 12.0 Å². The Morgan fingerprint density at radius 3 is 2.84 bits per heavy atom. The molecule has 0 aliphatic carbocycles. The lowest BCUT2D eigenvalue weighted by molar-refractivity contribution is -0.142. The SMILES string of the molecule is Cc1cc(C(=O)N2CCNCC2C(=O)O)ccc1Br. The van der Waals surface area contributed by atoms with Crippen LogP contribution in [-0.4, -0.2) is 47.6 Å². The summed E-state index contributed by atoms with van der Waals surface area (Å²) in [5.74, 6) is -1.21. The molecule has 1 saturated heterocycles. The molecule has 2 N–H and O–H groups in total. The molecule has 1 aromatic rings. The fraction of sp³-hybridized carbons (Fsp3) is 0.385. The van der Waals surface area contributed by atoms with Crippen LogP contribution in [0.5, 0.6) is 0 Å². The minimum absolute atomic E-state index is 0.232. The maximum absolute atomic E-state index is 12.4. The Hall–Kier alpha value is -1.40. The normalized spacial score (nSPS) is 19.3. The van der Waals surface area contributed by atoms with Crippen molar-refractivity contribution in [1.82, 2.24) is 10.2 Å². The highest BCUT2D eigenvalue weighted by atomic mass is 79.9. The molecule has 0 bridgehead atoms. The van der Waals surface area contributed by atoms with Crippen molar-refractivity contribution >= 4 is 27.8 Å². The summed E-state index contributed by atoms with van der Waals surface area (Å²) in [5, 5.41) is 12.2. The van der Waals surface area contributed by atoms with Gasteiger partial charge < -0.3 is 15.3 Å². The summed E-state index contributed by atoms with van der Waals surface area (Å²) in [6.07, 6.45) is 0. The van der Waals surface area contributed by atoms with Crippen LogP contribution in [0.1, 0.15) is 15.9 Å². The van der Waals surface area contributed by atoms with Crippen LogP contribution in [0.15, 0.2) is 22.7 Å². The number of nitrogens with zero attached hydrogens (tertiary/aromatic N) is 1. The second kappa shape index (κ2) is 5.71. The van der Waals surface area contributed by atoms with E-state index in [2.05, 4.69) is 21.2 Å². The molecule has 1 amide bonds. The maximum Gasteiger partial charge on any atom is 0.327 e. The number of aryl methyl sites for hydroxylation is 1. The first kappa shape index (κ1) is 14.0. The zero-order valence-corrected chi connectivity index (χ0v) is 12.1. The number of halogens is 1. The van der Waals surface area contributed by atoms with Crippen molar-refractivity contribution in [2.45, 2.75) is 13.0 Å². The number of nitrogens with one attached hydrogen (secondary N) is 1. The predicted molar refractivity (Wildman–Crippen MR) is 74.2 cm³/mol. The van der Waals surface area contributed by atoms with Gasteiger partial charge in [0.15, 0.2) is 0 Å². The third-order valence-corrected chi connectivity index (χ3v) is 4.08. The molecule has 1 fully saturated rings. The molecule has 1 aromatic carbocycles. The second-order valence-corrected chi connectivity index (χ2v) is 5.38. The number of carboxylic acid groups (broad SMARTS) is 1. The molecule has 19 heavy (non-hydrogen) atoms. The molecule has 0 spiro atoms. The van der Waals surface area contributed by atoms with Crippen molar-refractivity contribution in [3.8, 4) is 0 Å². The first-order chi connectivity index (χ1) is 9.00. The minimum atomic E-state index is -0.977. The van der Waals surface area contributed by atoms with Gasteiger partial charge in [-0.2, -0.15) is 0 Å². The summed E-state index contributed by atoms with van der Waals surface area (Å²) in [5.41, 5.74) is 1.47. The van der Waals surface area contributed by atoms with E-state index in [4.69, 9.17) is 5.11 Å². The number of carbonyl (C=O) groups excluding carboxylic acids is 1. The molecule has 102 valence electrons. The van der Waals surface area contributed by atoms with E-state index in [1.807, 2.05) is 6.92 Å². The molecule has 5 nitrogen and oxygen atoms in total. The van der Waals surface area contributed by atoms with Gasteiger partial charge in [-0.05, 0) is 30.7 Å². The molecule has 1 atom stereocenters. The summed E-state index contributed by atoms with van der Waals surface area (Å²) in [4.78, 5) is 25.0. The molecular weight excluding hydrogens is 312 g/mol. The lowest BCUT2D eigenvalue weighted by Crippen LogP contribution is -2.56. The van der Waals surface area contributed by atoms with E-state index in [1.165, 1.54) is 4.90 Å². The zero-order valence-electron chi connectivity index (χ0n) is 10.5. The van der Waals surface area contributed by atoms with Crippen molar-refractivity contribution in [3.63, 3.8) is 0 Å². The summed E-state index contributed by atoms with van der Waals surface area (Å²) in [6.45, 7) is 3.21. The van der Waals surface area contributed by atoms with Gasteiger partial charge in [0.05, 0.1) is 0 Å². The van der Waals surface area contributed by atoms with Gasteiger partial charge in [0.25, 0.3) is 5.91 Å². The quantitative estimate of drug-likeness (QED) is 0.858. The van der Waals surface area contributed by atoms with E-state index in [1.54, 1.807) is 18.2 Å². The van der Waals surface area contributed by atoms with Crippen molar-refractivity contribution in [2.24, 2.45) is 0 Å². The Bertz CT molecular complexity index is 519. The van der Waals surface area contributed by atoms with E-state index in [0.717, 1.165) is 10.0 Å². The number of carbonyl (C=O) groups is 2. The highest BCUT2D eigenvalue weighted by Gasteiger charge is 2.32. The predicted octanol–water partition coefficient (Wildman–Crippen LogP) is 1.26. The molecule has 6 heteroatoms.